The van der Waals surface area contributed by atoms with Gasteiger partial charge in [0.1, 0.15) is 0 Å². The topological polar surface area (TPSA) is 26.0 Å². The van der Waals surface area contributed by atoms with Gasteiger partial charge in [0.15, 0.2) is 0 Å². The molecule has 0 aliphatic rings. The molecule has 0 spiro atoms. The molecular weight excluding hydrogens is 277 g/mol. The predicted molar refractivity (Wildman–Crippen MR) is 85.2 cm³/mol. The molecule has 2 aromatic carbocycles. The Morgan fingerprint density at radius 1 is 1.00 bits per heavy atom. The Balaban J connectivity index is 0.00000180. The molecule has 0 fully saturated rings. The molecule has 2 aromatic rings. The van der Waals surface area contributed by atoms with Crippen LogP contribution in [0.3, 0.4) is 0 Å². The van der Waals surface area contributed by atoms with Gasteiger partial charge >= 0.3 is 0 Å². The van der Waals surface area contributed by atoms with Crippen LogP contribution in [0.1, 0.15) is 24.0 Å². The van der Waals surface area contributed by atoms with Crippen molar-refractivity contribution in [3.8, 4) is 0 Å². The first-order valence-electron chi connectivity index (χ1n) is 6.22. The van der Waals surface area contributed by atoms with Crippen molar-refractivity contribution in [2.75, 3.05) is 0 Å². The highest BCUT2D eigenvalue weighted by Gasteiger charge is 2.16. The fraction of sp³-hybridized carbons (Fsp3) is 0.250. The molecule has 0 aliphatic heterocycles. The molecule has 0 saturated carbocycles. The van der Waals surface area contributed by atoms with Crippen molar-refractivity contribution in [2.45, 2.75) is 25.3 Å². The Kier molecular flexibility index (Phi) is 6.36. The third kappa shape index (κ3) is 4.54. The molecule has 1 nitrogen and oxygen atoms in total. The number of rotatable bonds is 4. The largest absolute Gasteiger partial charge is 0.327 e. The van der Waals surface area contributed by atoms with Crippen molar-refractivity contribution >= 4 is 24.0 Å². The van der Waals surface area contributed by atoms with Gasteiger partial charge in [0.2, 0.25) is 0 Å². The molecule has 0 saturated heterocycles. The highest BCUT2D eigenvalue weighted by atomic mass is 35.5. The third-order valence-electron chi connectivity index (χ3n) is 3.23. The SMILES string of the molecule is C[C@H](N)[C@@H](Cc1ccc(Cl)cc1)c1ccccc1.Cl. The summed E-state index contributed by atoms with van der Waals surface area (Å²) in [7, 11) is 0. The van der Waals surface area contributed by atoms with Crippen LogP contribution in [-0.4, -0.2) is 6.04 Å². The van der Waals surface area contributed by atoms with Crippen LogP contribution in [0.25, 0.3) is 0 Å². The summed E-state index contributed by atoms with van der Waals surface area (Å²) in [6.07, 6.45) is 0.943. The molecular formula is C16H19Cl2N. The van der Waals surface area contributed by atoms with E-state index in [0.29, 0.717) is 5.92 Å². The maximum absolute atomic E-state index is 6.12. The lowest BCUT2D eigenvalue weighted by Gasteiger charge is -2.21. The molecule has 0 aliphatic carbocycles. The van der Waals surface area contributed by atoms with Crippen LogP contribution in [0.4, 0.5) is 0 Å². The molecule has 0 bridgehead atoms. The zero-order valence-corrected chi connectivity index (χ0v) is 12.5. The molecule has 2 N–H and O–H groups in total. The lowest BCUT2D eigenvalue weighted by molar-refractivity contribution is 0.565. The van der Waals surface area contributed by atoms with E-state index in [-0.39, 0.29) is 18.4 Å². The van der Waals surface area contributed by atoms with Gasteiger partial charge in [0.05, 0.1) is 0 Å². The van der Waals surface area contributed by atoms with Crippen LogP contribution in [0.5, 0.6) is 0 Å². The van der Waals surface area contributed by atoms with Crippen molar-refractivity contribution in [1.82, 2.24) is 0 Å². The molecule has 2 rings (SSSR count). The Bertz CT molecular complexity index is 480. The maximum Gasteiger partial charge on any atom is 0.0406 e. The lowest BCUT2D eigenvalue weighted by atomic mass is 9.87. The van der Waals surface area contributed by atoms with Crippen LogP contribution in [0, 0.1) is 0 Å². The fourth-order valence-corrected chi connectivity index (χ4v) is 2.31. The highest BCUT2D eigenvalue weighted by molar-refractivity contribution is 6.30. The van der Waals surface area contributed by atoms with Crippen molar-refractivity contribution in [3.05, 3.63) is 70.7 Å². The van der Waals surface area contributed by atoms with Gasteiger partial charge in [-0.1, -0.05) is 54.1 Å². The molecule has 2 atom stereocenters. The first kappa shape index (κ1) is 16.0. The van der Waals surface area contributed by atoms with Crippen LogP contribution >= 0.6 is 24.0 Å². The van der Waals surface area contributed by atoms with Gasteiger partial charge in [0.25, 0.3) is 0 Å². The van der Waals surface area contributed by atoms with Gasteiger partial charge in [-0.15, -0.1) is 12.4 Å². The van der Waals surface area contributed by atoms with E-state index in [1.54, 1.807) is 0 Å². The normalized spacial score (nSPS) is 13.4. The van der Waals surface area contributed by atoms with Crippen LogP contribution < -0.4 is 5.73 Å². The van der Waals surface area contributed by atoms with E-state index < -0.39 is 0 Å². The summed E-state index contributed by atoms with van der Waals surface area (Å²) in [5.74, 6) is 0.340. The Labute approximate surface area is 126 Å². The van der Waals surface area contributed by atoms with Gasteiger partial charge in [-0.3, -0.25) is 0 Å². The van der Waals surface area contributed by atoms with Gasteiger partial charge in [0, 0.05) is 17.0 Å². The zero-order chi connectivity index (χ0) is 13.0. The van der Waals surface area contributed by atoms with Crippen molar-refractivity contribution in [2.24, 2.45) is 5.73 Å². The summed E-state index contributed by atoms with van der Waals surface area (Å²) in [4.78, 5) is 0. The standard InChI is InChI=1S/C16H18ClN.ClH/c1-12(18)16(14-5-3-2-4-6-14)11-13-7-9-15(17)10-8-13;/h2-10,12,16H,11,18H2,1H3;1H/t12-,16+;/m0./s1. The van der Waals surface area contributed by atoms with E-state index >= 15 is 0 Å². The molecule has 102 valence electrons. The fourth-order valence-electron chi connectivity index (χ4n) is 2.18. The lowest BCUT2D eigenvalue weighted by Crippen LogP contribution is -2.26. The van der Waals surface area contributed by atoms with Crippen molar-refractivity contribution in [1.29, 1.82) is 0 Å². The number of benzene rings is 2. The van der Waals surface area contributed by atoms with Gasteiger partial charge < -0.3 is 5.73 Å². The second-order valence-electron chi connectivity index (χ2n) is 4.71. The summed E-state index contributed by atoms with van der Waals surface area (Å²) in [6, 6.07) is 18.6. The summed E-state index contributed by atoms with van der Waals surface area (Å²) in [5.41, 5.74) is 8.68. The second kappa shape index (κ2) is 7.54. The highest BCUT2D eigenvalue weighted by Crippen LogP contribution is 2.24. The first-order valence-corrected chi connectivity index (χ1v) is 6.59. The van der Waals surface area contributed by atoms with Crippen LogP contribution in [0.15, 0.2) is 54.6 Å². The number of halogens is 2. The van der Waals surface area contributed by atoms with Crippen LogP contribution in [-0.2, 0) is 6.42 Å². The minimum absolute atomic E-state index is 0. The molecule has 0 radical (unpaired) electrons. The van der Waals surface area contributed by atoms with Crippen molar-refractivity contribution < 1.29 is 0 Å². The van der Waals surface area contributed by atoms with E-state index in [1.165, 1.54) is 11.1 Å². The van der Waals surface area contributed by atoms with E-state index in [1.807, 2.05) is 18.2 Å². The molecule has 0 unspecified atom stereocenters. The van der Waals surface area contributed by atoms with E-state index in [2.05, 4.69) is 43.3 Å². The first-order chi connectivity index (χ1) is 8.66. The Morgan fingerprint density at radius 2 is 1.58 bits per heavy atom. The minimum Gasteiger partial charge on any atom is -0.327 e. The Hall–Kier alpha value is -1.02. The number of nitrogens with two attached hydrogens (primary N) is 1. The Morgan fingerprint density at radius 3 is 2.11 bits per heavy atom. The number of hydrogen-bond donors (Lipinski definition) is 1. The minimum atomic E-state index is 0. The molecule has 0 heterocycles. The molecule has 19 heavy (non-hydrogen) atoms. The van der Waals surface area contributed by atoms with Gasteiger partial charge in [-0.05, 0) is 36.6 Å². The smallest absolute Gasteiger partial charge is 0.0406 e. The molecule has 0 amide bonds. The molecule has 0 aromatic heterocycles. The summed E-state index contributed by atoms with van der Waals surface area (Å²) >= 11 is 5.90. The average molecular weight is 296 g/mol. The zero-order valence-electron chi connectivity index (χ0n) is 10.9. The van der Waals surface area contributed by atoms with E-state index in [0.717, 1.165) is 11.4 Å². The van der Waals surface area contributed by atoms with Gasteiger partial charge in [-0.2, -0.15) is 0 Å². The maximum atomic E-state index is 6.12. The van der Waals surface area contributed by atoms with Crippen molar-refractivity contribution in [3.63, 3.8) is 0 Å². The monoisotopic (exact) mass is 295 g/mol. The second-order valence-corrected chi connectivity index (χ2v) is 5.14. The van der Waals surface area contributed by atoms with Gasteiger partial charge in [-0.25, -0.2) is 0 Å². The molecule has 3 heteroatoms. The predicted octanol–water partition coefficient (Wildman–Crippen LogP) is 4.44. The number of hydrogen-bond acceptors (Lipinski definition) is 1. The average Bonchev–Trinajstić information content (AvgIpc) is 2.38. The summed E-state index contributed by atoms with van der Waals surface area (Å²) < 4.78 is 0. The van der Waals surface area contributed by atoms with E-state index in [4.69, 9.17) is 17.3 Å². The van der Waals surface area contributed by atoms with E-state index in [9.17, 15) is 0 Å². The summed E-state index contributed by atoms with van der Waals surface area (Å²) in [6.45, 7) is 2.06. The summed E-state index contributed by atoms with van der Waals surface area (Å²) in [5, 5.41) is 0.774. The third-order valence-corrected chi connectivity index (χ3v) is 3.48. The quantitative estimate of drug-likeness (QED) is 0.887. The van der Waals surface area contributed by atoms with Crippen LogP contribution in [0.2, 0.25) is 5.02 Å².